The van der Waals surface area contributed by atoms with Gasteiger partial charge in [-0.05, 0) is 13.3 Å². The number of amides is 1. The topological polar surface area (TPSA) is 127 Å². The van der Waals surface area contributed by atoms with Crippen molar-refractivity contribution in [3.05, 3.63) is 12.4 Å². The van der Waals surface area contributed by atoms with E-state index in [0.29, 0.717) is 12.5 Å². The van der Waals surface area contributed by atoms with Crippen LogP contribution in [0.1, 0.15) is 26.7 Å². The first-order valence-electron chi connectivity index (χ1n) is 6.21. The van der Waals surface area contributed by atoms with E-state index in [0.717, 1.165) is 6.42 Å². The molecule has 0 aliphatic carbocycles. The molecule has 0 saturated carbocycles. The molecule has 0 radical (unpaired) electrons. The second-order valence-corrected chi connectivity index (χ2v) is 6.08. The van der Waals surface area contributed by atoms with Gasteiger partial charge in [-0.15, -0.1) is 0 Å². The van der Waals surface area contributed by atoms with Gasteiger partial charge in [0.15, 0.2) is 0 Å². The fourth-order valence-corrected chi connectivity index (χ4v) is 2.59. The van der Waals surface area contributed by atoms with E-state index in [1.54, 1.807) is 6.92 Å². The van der Waals surface area contributed by atoms with Crippen LogP contribution in [0.15, 0.2) is 17.3 Å². The summed E-state index contributed by atoms with van der Waals surface area (Å²) in [5.41, 5.74) is 5.01. The molecule has 0 bridgehead atoms. The summed E-state index contributed by atoms with van der Waals surface area (Å²) in [6.07, 6.45) is 3.26. The zero-order valence-corrected chi connectivity index (χ0v) is 12.3. The summed E-state index contributed by atoms with van der Waals surface area (Å²) in [6, 6.07) is -0.588. The van der Waals surface area contributed by atoms with Crippen molar-refractivity contribution in [3.63, 3.8) is 0 Å². The van der Waals surface area contributed by atoms with Gasteiger partial charge in [-0.2, -0.15) is 0 Å². The van der Waals surface area contributed by atoms with E-state index >= 15 is 0 Å². The maximum atomic E-state index is 12.0. The fraction of sp³-hybridized carbons (Fsp3) is 0.545. The van der Waals surface area contributed by atoms with E-state index < -0.39 is 22.0 Å². The predicted molar refractivity (Wildman–Crippen MR) is 74.4 cm³/mol. The van der Waals surface area contributed by atoms with Crippen molar-refractivity contribution >= 4 is 21.9 Å². The molecule has 1 atom stereocenters. The molecule has 0 spiro atoms. The van der Waals surface area contributed by atoms with Gasteiger partial charge in [0.25, 0.3) is 0 Å². The molecular formula is C11H19N5O3S. The summed E-state index contributed by atoms with van der Waals surface area (Å²) in [6.45, 7) is 4.26. The van der Waals surface area contributed by atoms with E-state index in [2.05, 4.69) is 20.0 Å². The third-order valence-electron chi connectivity index (χ3n) is 2.34. The molecule has 1 aromatic heterocycles. The van der Waals surface area contributed by atoms with Crippen LogP contribution in [0.2, 0.25) is 0 Å². The summed E-state index contributed by atoms with van der Waals surface area (Å²) in [4.78, 5) is 18.5. The van der Waals surface area contributed by atoms with Crippen LogP contribution >= 0.6 is 0 Å². The molecule has 0 aromatic carbocycles. The van der Waals surface area contributed by atoms with Crippen molar-refractivity contribution < 1.29 is 13.2 Å². The number of sulfonamides is 1. The zero-order chi connectivity index (χ0) is 15.2. The first kappa shape index (κ1) is 16.3. The number of hydrogen-bond donors (Lipinski definition) is 3. The van der Waals surface area contributed by atoms with Crippen LogP contribution < -0.4 is 15.8 Å². The Kier molecular flexibility index (Phi) is 5.83. The van der Waals surface area contributed by atoms with E-state index in [4.69, 9.17) is 5.73 Å². The molecule has 0 aliphatic rings. The maximum Gasteiger partial charge on any atom is 0.243 e. The van der Waals surface area contributed by atoms with Crippen molar-refractivity contribution in [2.75, 3.05) is 11.9 Å². The number of nitrogens with one attached hydrogen (secondary N) is 2. The summed E-state index contributed by atoms with van der Waals surface area (Å²) in [7, 11) is -3.75. The summed E-state index contributed by atoms with van der Waals surface area (Å²) in [5, 5.41) is 2.94. The number of aromatic nitrogens is 2. The Bertz CT molecular complexity index is 544. The second-order valence-electron chi connectivity index (χ2n) is 4.36. The molecule has 20 heavy (non-hydrogen) atoms. The van der Waals surface area contributed by atoms with Crippen LogP contribution in [-0.2, 0) is 14.8 Å². The Hall–Kier alpha value is -1.74. The number of carbonyl (C=O) groups is 1. The zero-order valence-electron chi connectivity index (χ0n) is 11.5. The van der Waals surface area contributed by atoms with Crippen LogP contribution in [0.5, 0.6) is 0 Å². The van der Waals surface area contributed by atoms with Crippen molar-refractivity contribution in [1.29, 1.82) is 0 Å². The molecule has 8 nitrogen and oxygen atoms in total. The van der Waals surface area contributed by atoms with Gasteiger partial charge in [0, 0.05) is 19.0 Å². The summed E-state index contributed by atoms with van der Waals surface area (Å²) < 4.78 is 26.3. The van der Waals surface area contributed by atoms with Gasteiger partial charge in [-0.1, -0.05) is 6.92 Å². The van der Waals surface area contributed by atoms with Gasteiger partial charge in [-0.25, -0.2) is 23.1 Å². The molecule has 1 heterocycles. The number of hydrogen-bond acceptors (Lipinski definition) is 6. The van der Waals surface area contributed by atoms with Gasteiger partial charge in [0.05, 0.1) is 12.4 Å². The SMILES string of the molecule is CCCNc1ncc(S(=O)(=O)NC(C)CC(N)=O)cn1. The van der Waals surface area contributed by atoms with Gasteiger partial charge < -0.3 is 11.1 Å². The highest BCUT2D eigenvalue weighted by atomic mass is 32.2. The molecule has 1 amide bonds. The van der Waals surface area contributed by atoms with Gasteiger partial charge in [0.2, 0.25) is 21.9 Å². The smallest absolute Gasteiger partial charge is 0.243 e. The molecular weight excluding hydrogens is 282 g/mol. The minimum atomic E-state index is -3.75. The van der Waals surface area contributed by atoms with Crippen molar-refractivity contribution in [1.82, 2.24) is 14.7 Å². The first-order valence-corrected chi connectivity index (χ1v) is 7.70. The van der Waals surface area contributed by atoms with Crippen LogP contribution in [0, 0.1) is 0 Å². The van der Waals surface area contributed by atoms with Crippen molar-refractivity contribution in [3.8, 4) is 0 Å². The Morgan fingerprint density at radius 1 is 1.40 bits per heavy atom. The van der Waals surface area contributed by atoms with E-state index in [9.17, 15) is 13.2 Å². The minimum Gasteiger partial charge on any atom is -0.370 e. The standard InChI is InChI=1S/C11H19N5O3S/c1-3-4-13-11-14-6-9(7-15-11)20(18,19)16-8(2)5-10(12)17/h6-8,16H,3-5H2,1-2H3,(H2,12,17)(H,13,14,15). The molecule has 0 saturated heterocycles. The third kappa shape index (κ3) is 5.10. The molecule has 0 aliphatic heterocycles. The Balaban J connectivity index is 2.74. The van der Waals surface area contributed by atoms with Crippen molar-refractivity contribution in [2.45, 2.75) is 37.6 Å². The third-order valence-corrected chi connectivity index (χ3v) is 3.88. The number of nitrogens with two attached hydrogens (primary N) is 1. The van der Waals surface area contributed by atoms with Crippen LogP contribution in [0.4, 0.5) is 5.95 Å². The quantitative estimate of drug-likeness (QED) is 0.612. The minimum absolute atomic E-state index is 0.0594. The average Bonchev–Trinajstić information content (AvgIpc) is 2.35. The number of nitrogens with zero attached hydrogens (tertiary/aromatic N) is 2. The molecule has 1 unspecified atom stereocenters. The maximum absolute atomic E-state index is 12.0. The molecule has 9 heteroatoms. The number of anilines is 1. The first-order chi connectivity index (χ1) is 9.35. The highest BCUT2D eigenvalue weighted by molar-refractivity contribution is 7.89. The van der Waals surface area contributed by atoms with E-state index in [-0.39, 0.29) is 11.3 Å². The number of carbonyl (C=O) groups excluding carboxylic acids is 1. The lowest BCUT2D eigenvalue weighted by molar-refractivity contribution is -0.118. The highest BCUT2D eigenvalue weighted by Gasteiger charge is 2.19. The molecule has 0 fully saturated rings. The fourth-order valence-electron chi connectivity index (χ4n) is 1.46. The Labute approximate surface area is 118 Å². The highest BCUT2D eigenvalue weighted by Crippen LogP contribution is 2.08. The van der Waals surface area contributed by atoms with Gasteiger partial charge >= 0.3 is 0 Å². The van der Waals surface area contributed by atoms with E-state index in [1.165, 1.54) is 12.4 Å². The molecule has 1 rings (SSSR count). The second kappa shape index (κ2) is 7.15. The molecule has 4 N–H and O–H groups in total. The van der Waals surface area contributed by atoms with Crippen molar-refractivity contribution in [2.24, 2.45) is 5.73 Å². The number of rotatable bonds is 8. The average molecular weight is 301 g/mol. The van der Waals surface area contributed by atoms with E-state index in [1.807, 2.05) is 6.92 Å². The summed E-state index contributed by atoms with van der Waals surface area (Å²) >= 11 is 0. The molecule has 1 aromatic rings. The van der Waals surface area contributed by atoms with Crippen LogP contribution in [-0.4, -0.2) is 36.9 Å². The normalized spacial score (nSPS) is 12.9. The number of primary amides is 1. The lowest BCUT2D eigenvalue weighted by atomic mass is 10.2. The molecule has 112 valence electrons. The van der Waals surface area contributed by atoms with Crippen LogP contribution in [0.25, 0.3) is 0 Å². The lowest BCUT2D eigenvalue weighted by Gasteiger charge is -2.12. The van der Waals surface area contributed by atoms with Crippen LogP contribution in [0.3, 0.4) is 0 Å². The lowest BCUT2D eigenvalue weighted by Crippen LogP contribution is -2.35. The van der Waals surface area contributed by atoms with Gasteiger partial charge in [-0.3, -0.25) is 4.79 Å². The summed E-state index contributed by atoms with van der Waals surface area (Å²) in [5.74, 6) is -0.202. The Morgan fingerprint density at radius 2 is 2.00 bits per heavy atom. The predicted octanol–water partition coefficient (Wildman–Crippen LogP) is -0.159. The Morgan fingerprint density at radius 3 is 2.50 bits per heavy atom. The largest absolute Gasteiger partial charge is 0.370 e. The monoisotopic (exact) mass is 301 g/mol. The van der Waals surface area contributed by atoms with Gasteiger partial charge in [0.1, 0.15) is 4.90 Å².